The first kappa shape index (κ1) is 17.3. The van der Waals surface area contributed by atoms with E-state index in [9.17, 15) is 22.8 Å². The molecule has 0 aliphatic heterocycles. The predicted octanol–water partition coefficient (Wildman–Crippen LogP) is 1.50. The Morgan fingerprint density at radius 3 is 2.35 bits per heavy atom. The van der Waals surface area contributed by atoms with Crippen LogP contribution in [0.2, 0.25) is 0 Å². The molecule has 2 amide bonds. The minimum atomic E-state index is -1.66. The van der Waals surface area contributed by atoms with Gasteiger partial charge in [-0.3, -0.25) is 9.59 Å². The summed E-state index contributed by atoms with van der Waals surface area (Å²) < 4.78 is 39.6. The van der Waals surface area contributed by atoms with Gasteiger partial charge in [-0.2, -0.15) is 0 Å². The molecule has 1 aliphatic carbocycles. The van der Waals surface area contributed by atoms with Gasteiger partial charge in [0.25, 0.3) is 0 Å². The molecule has 0 saturated heterocycles. The van der Waals surface area contributed by atoms with Crippen LogP contribution < -0.4 is 10.6 Å². The summed E-state index contributed by atoms with van der Waals surface area (Å²) in [6.07, 6.45) is 0.663. The Hall–Kier alpha value is -2.09. The van der Waals surface area contributed by atoms with E-state index in [1.54, 1.807) is 0 Å². The van der Waals surface area contributed by atoms with Crippen LogP contribution >= 0.6 is 0 Å². The molecule has 1 saturated carbocycles. The zero-order valence-corrected chi connectivity index (χ0v) is 12.9. The number of hydrogen-bond acceptors (Lipinski definition) is 3. The smallest absolute Gasteiger partial charge is 0.240 e. The number of carbonyl (C=O) groups excluding carboxylic acids is 2. The van der Waals surface area contributed by atoms with Crippen molar-refractivity contribution in [3.8, 4) is 0 Å². The van der Waals surface area contributed by atoms with Crippen LogP contribution in [0.25, 0.3) is 0 Å². The normalized spacial score (nSPS) is 15.4. The predicted molar refractivity (Wildman–Crippen MR) is 78.2 cm³/mol. The SMILES string of the molecule is CN(C)CCNC(=O)C1(C(=O)Nc2ccc(F)c(F)c2F)CC1. The van der Waals surface area contributed by atoms with Crippen LogP contribution in [0.5, 0.6) is 0 Å². The molecule has 5 nitrogen and oxygen atoms in total. The summed E-state index contributed by atoms with van der Waals surface area (Å²) in [5.41, 5.74) is -1.75. The van der Waals surface area contributed by atoms with Crippen LogP contribution in [0.3, 0.4) is 0 Å². The molecule has 1 aliphatic rings. The standard InChI is InChI=1S/C15H18F3N3O2/c1-21(2)8-7-19-13(22)15(5-6-15)14(23)20-10-4-3-9(16)11(17)12(10)18/h3-4H,5-8H2,1-2H3,(H,19,22)(H,20,23). The molecule has 0 spiro atoms. The van der Waals surface area contributed by atoms with E-state index in [0.29, 0.717) is 32.0 Å². The molecule has 1 aromatic rings. The lowest BCUT2D eigenvalue weighted by Crippen LogP contribution is -2.42. The fourth-order valence-electron chi connectivity index (χ4n) is 2.11. The van der Waals surface area contributed by atoms with Crippen molar-refractivity contribution in [3.05, 3.63) is 29.6 Å². The maximum Gasteiger partial charge on any atom is 0.240 e. The Morgan fingerprint density at radius 2 is 1.78 bits per heavy atom. The second kappa shape index (κ2) is 6.57. The van der Waals surface area contributed by atoms with Gasteiger partial charge in [-0.25, -0.2) is 13.2 Å². The lowest BCUT2D eigenvalue weighted by atomic mass is 10.0. The highest BCUT2D eigenvalue weighted by molar-refractivity contribution is 6.13. The minimum absolute atomic E-state index is 0.331. The molecule has 0 aromatic heterocycles. The number of likely N-dealkylation sites (N-methyl/N-ethyl adjacent to an activating group) is 1. The molecule has 2 rings (SSSR count). The van der Waals surface area contributed by atoms with Crippen LogP contribution in [0.4, 0.5) is 18.9 Å². The second-order valence-electron chi connectivity index (χ2n) is 5.82. The number of anilines is 1. The molecule has 0 bridgehead atoms. The lowest BCUT2D eigenvalue weighted by Gasteiger charge is -2.17. The number of halogens is 3. The van der Waals surface area contributed by atoms with Crippen molar-refractivity contribution in [1.82, 2.24) is 10.2 Å². The van der Waals surface area contributed by atoms with E-state index in [4.69, 9.17) is 0 Å². The van der Waals surface area contributed by atoms with Gasteiger partial charge in [-0.1, -0.05) is 0 Å². The van der Waals surface area contributed by atoms with Crippen molar-refractivity contribution in [2.24, 2.45) is 5.41 Å². The molecular formula is C15H18F3N3O2. The molecule has 23 heavy (non-hydrogen) atoms. The van der Waals surface area contributed by atoms with Crippen LogP contribution in [-0.4, -0.2) is 43.9 Å². The van der Waals surface area contributed by atoms with Gasteiger partial charge in [0, 0.05) is 13.1 Å². The Labute approximate surface area is 131 Å². The number of carbonyl (C=O) groups is 2. The second-order valence-corrected chi connectivity index (χ2v) is 5.82. The highest BCUT2D eigenvalue weighted by Crippen LogP contribution is 2.47. The van der Waals surface area contributed by atoms with Crippen molar-refractivity contribution in [2.45, 2.75) is 12.8 Å². The number of amides is 2. The number of rotatable bonds is 6. The summed E-state index contributed by atoms with van der Waals surface area (Å²) in [6.45, 7) is 0.988. The van der Waals surface area contributed by atoms with Crippen molar-refractivity contribution >= 4 is 17.5 Å². The quantitative estimate of drug-likeness (QED) is 0.614. The van der Waals surface area contributed by atoms with E-state index in [1.165, 1.54) is 0 Å². The molecule has 126 valence electrons. The Balaban J connectivity index is 2.03. The van der Waals surface area contributed by atoms with E-state index < -0.39 is 40.4 Å². The average Bonchev–Trinajstić information content (AvgIpc) is 3.29. The van der Waals surface area contributed by atoms with Gasteiger partial charge in [0.2, 0.25) is 11.8 Å². The first-order valence-electron chi connectivity index (χ1n) is 7.16. The van der Waals surface area contributed by atoms with E-state index in [2.05, 4.69) is 10.6 Å². The van der Waals surface area contributed by atoms with Crippen molar-refractivity contribution in [1.29, 1.82) is 0 Å². The molecule has 0 radical (unpaired) electrons. The Kier molecular flexibility index (Phi) is 4.93. The van der Waals surface area contributed by atoms with E-state index in [1.807, 2.05) is 19.0 Å². The van der Waals surface area contributed by atoms with Crippen LogP contribution in [0, 0.1) is 22.9 Å². The zero-order chi connectivity index (χ0) is 17.2. The fraction of sp³-hybridized carbons (Fsp3) is 0.467. The average molecular weight is 329 g/mol. The van der Waals surface area contributed by atoms with E-state index >= 15 is 0 Å². The minimum Gasteiger partial charge on any atom is -0.354 e. The zero-order valence-electron chi connectivity index (χ0n) is 12.9. The molecule has 0 heterocycles. The summed E-state index contributed by atoms with van der Waals surface area (Å²) in [4.78, 5) is 26.2. The van der Waals surface area contributed by atoms with Crippen molar-refractivity contribution in [2.75, 3.05) is 32.5 Å². The Morgan fingerprint density at radius 1 is 1.13 bits per heavy atom. The first-order chi connectivity index (χ1) is 10.8. The maximum atomic E-state index is 13.6. The largest absolute Gasteiger partial charge is 0.354 e. The van der Waals surface area contributed by atoms with Gasteiger partial charge < -0.3 is 15.5 Å². The van der Waals surface area contributed by atoms with Crippen LogP contribution in [0.15, 0.2) is 12.1 Å². The van der Waals surface area contributed by atoms with Gasteiger partial charge in [-0.15, -0.1) is 0 Å². The van der Waals surface area contributed by atoms with Gasteiger partial charge in [-0.05, 0) is 39.1 Å². The van der Waals surface area contributed by atoms with Crippen LogP contribution in [-0.2, 0) is 9.59 Å². The van der Waals surface area contributed by atoms with Crippen molar-refractivity contribution < 1.29 is 22.8 Å². The number of hydrogen-bond donors (Lipinski definition) is 2. The summed E-state index contributed by atoms with van der Waals surface area (Å²) in [5.74, 6) is -5.65. The third kappa shape index (κ3) is 3.64. The first-order valence-corrected chi connectivity index (χ1v) is 7.16. The van der Waals surface area contributed by atoms with Gasteiger partial charge in [0.05, 0.1) is 5.69 Å². The van der Waals surface area contributed by atoms with Gasteiger partial charge >= 0.3 is 0 Å². The lowest BCUT2D eigenvalue weighted by molar-refractivity contribution is -0.134. The van der Waals surface area contributed by atoms with E-state index in [0.717, 1.165) is 6.07 Å². The molecular weight excluding hydrogens is 311 g/mol. The third-order valence-electron chi connectivity index (χ3n) is 3.75. The molecule has 1 aromatic carbocycles. The topological polar surface area (TPSA) is 61.4 Å². The van der Waals surface area contributed by atoms with Gasteiger partial charge in [0.15, 0.2) is 17.5 Å². The summed E-state index contributed by atoms with van der Waals surface area (Å²) >= 11 is 0. The molecule has 8 heteroatoms. The highest BCUT2D eigenvalue weighted by atomic mass is 19.2. The summed E-state index contributed by atoms with van der Waals surface area (Å²) in [7, 11) is 3.69. The summed E-state index contributed by atoms with van der Waals surface area (Å²) in [6, 6.07) is 1.64. The number of nitrogens with zero attached hydrogens (tertiary/aromatic N) is 1. The number of benzene rings is 1. The molecule has 2 N–H and O–H groups in total. The van der Waals surface area contributed by atoms with Gasteiger partial charge in [0.1, 0.15) is 5.41 Å². The molecule has 1 fully saturated rings. The molecule has 0 atom stereocenters. The maximum absolute atomic E-state index is 13.6. The fourth-order valence-corrected chi connectivity index (χ4v) is 2.11. The third-order valence-corrected chi connectivity index (χ3v) is 3.75. The monoisotopic (exact) mass is 329 g/mol. The van der Waals surface area contributed by atoms with Crippen LogP contribution in [0.1, 0.15) is 12.8 Å². The van der Waals surface area contributed by atoms with Crippen molar-refractivity contribution in [3.63, 3.8) is 0 Å². The molecule has 0 unspecified atom stereocenters. The van der Waals surface area contributed by atoms with E-state index in [-0.39, 0.29) is 0 Å². The Bertz CT molecular complexity index is 631. The number of nitrogens with one attached hydrogen (secondary N) is 2. The highest BCUT2D eigenvalue weighted by Gasteiger charge is 2.56. The summed E-state index contributed by atoms with van der Waals surface area (Å²) in [5, 5.41) is 4.82.